The van der Waals surface area contributed by atoms with Crippen LogP contribution < -0.4 is 0 Å². The highest BCUT2D eigenvalue weighted by Crippen LogP contribution is 2.49. The van der Waals surface area contributed by atoms with Gasteiger partial charge in [-0.2, -0.15) is 4.31 Å². The molecule has 3 atom stereocenters. The van der Waals surface area contributed by atoms with Gasteiger partial charge in [0, 0.05) is 61.2 Å². The summed E-state index contributed by atoms with van der Waals surface area (Å²) >= 11 is 2.09. The number of fused-ring (bicyclic) bond motifs is 2. The van der Waals surface area contributed by atoms with Gasteiger partial charge in [-0.15, -0.1) is 11.8 Å². The quantitative estimate of drug-likeness (QED) is 0.136. The Balaban J connectivity index is 0.000000151. The molecule has 8 heteroatoms. The molecule has 0 radical (unpaired) electrons. The first-order chi connectivity index (χ1) is 32.9. The molecule has 67 heavy (non-hydrogen) atoms. The van der Waals surface area contributed by atoms with Crippen molar-refractivity contribution in [2.45, 2.75) is 72.1 Å². The largest absolute Gasteiger partial charge is 0.303 e. The maximum atomic E-state index is 13.4. The van der Waals surface area contributed by atoms with E-state index in [0.29, 0.717) is 35.2 Å². The summed E-state index contributed by atoms with van der Waals surface area (Å²) < 4.78 is 28.4. The Labute approximate surface area is 406 Å². The third-order valence-corrected chi connectivity index (χ3v) is 18.4. The predicted octanol–water partition coefficient (Wildman–Crippen LogP) is 11.7. The molecule has 5 aliphatic rings. The lowest BCUT2D eigenvalue weighted by atomic mass is 9.74. The van der Waals surface area contributed by atoms with Crippen LogP contribution in [0.15, 0.2) is 192 Å². The molecule has 4 saturated heterocycles. The van der Waals surface area contributed by atoms with Crippen LogP contribution in [0.3, 0.4) is 0 Å². The molecule has 350 valence electrons. The van der Waals surface area contributed by atoms with Crippen LogP contribution in [-0.4, -0.2) is 98.6 Å². The lowest BCUT2D eigenvalue weighted by Crippen LogP contribution is -2.46. The summed E-state index contributed by atoms with van der Waals surface area (Å²) in [7, 11) is -3.48. The molecule has 6 aromatic carbocycles. The Hall–Kier alpha value is -4.54. The van der Waals surface area contributed by atoms with E-state index in [0.717, 1.165) is 32.1 Å². The molecule has 6 nitrogen and oxygen atoms in total. The van der Waals surface area contributed by atoms with Gasteiger partial charge in [0.1, 0.15) is 0 Å². The molecule has 11 rings (SSSR count). The minimum absolute atomic E-state index is 0.219. The van der Waals surface area contributed by atoms with Crippen molar-refractivity contribution in [2.24, 2.45) is 11.8 Å². The van der Waals surface area contributed by atoms with Crippen LogP contribution in [0.25, 0.3) is 0 Å². The van der Waals surface area contributed by atoms with Gasteiger partial charge >= 0.3 is 0 Å². The van der Waals surface area contributed by atoms with Gasteiger partial charge in [0.25, 0.3) is 0 Å². The molecule has 0 aromatic heterocycles. The fourth-order valence-corrected chi connectivity index (χ4v) is 14.5. The van der Waals surface area contributed by atoms with Crippen LogP contribution in [0.5, 0.6) is 0 Å². The number of thioether (sulfide) groups is 1. The number of likely N-dealkylation sites (tertiary alicyclic amines) is 3. The maximum absolute atomic E-state index is 13.4. The Kier molecular flexibility index (Phi) is 16.4. The second-order valence-corrected chi connectivity index (χ2v) is 22.6. The van der Waals surface area contributed by atoms with Crippen molar-refractivity contribution in [3.8, 4) is 0 Å². The molecule has 0 aliphatic carbocycles. The molecule has 6 aromatic rings. The third kappa shape index (κ3) is 12.4. The minimum Gasteiger partial charge on any atom is -0.303 e. The zero-order valence-corrected chi connectivity index (χ0v) is 40.9. The maximum Gasteiger partial charge on any atom is 0.243 e. The average molecular weight is 931 g/mol. The average Bonchev–Trinajstić information content (AvgIpc) is 3.99. The van der Waals surface area contributed by atoms with Crippen molar-refractivity contribution in [1.82, 2.24) is 19.0 Å². The van der Waals surface area contributed by atoms with E-state index < -0.39 is 10.0 Å². The number of nitrogens with zero attached hydrogens (tertiary/aromatic N) is 4. The van der Waals surface area contributed by atoms with E-state index in [1.54, 1.807) is 39.0 Å². The highest BCUT2D eigenvalue weighted by atomic mass is 32.2. The molecule has 0 saturated carbocycles. The Bertz CT molecular complexity index is 2450. The molecule has 4 fully saturated rings. The van der Waals surface area contributed by atoms with E-state index in [4.69, 9.17) is 0 Å². The van der Waals surface area contributed by atoms with Gasteiger partial charge in [-0.3, -0.25) is 4.90 Å². The molecule has 1 unspecified atom stereocenters. The Morgan fingerprint density at radius 1 is 0.522 bits per heavy atom. The molecule has 5 aliphatic heterocycles. The van der Waals surface area contributed by atoms with Crippen molar-refractivity contribution in [1.29, 1.82) is 0 Å². The van der Waals surface area contributed by atoms with Crippen LogP contribution >= 0.6 is 11.8 Å². The van der Waals surface area contributed by atoms with E-state index in [1.165, 1.54) is 93.7 Å². The first kappa shape index (κ1) is 47.5. The van der Waals surface area contributed by atoms with Crippen LogP contribution in [0.2, 0.25) is 0 Å². The highest BCUT2D eigenvalue weighted by molar-refractivity contribution is 7.99. The Morgan fingerprint density at radius 3 is 1.73 bits per heavy atom. The second-order valence-electron chi connectivity index (χ2n) is 19.6. The van der Waals surface area contributed by atoms with E-state index in [9.17, 15) is 8.42 Å². The van der Waals surface area contributed by atoms with Gasteiger partial charge in [-0.05, 0) is 129 Å². The van der Waals surface area contributed by atoms with Gasteiger partial charge in [0.15, 0.2) is 0 Å². The number of piperidine rings is 3. The molecule has 0 N–H and O–H groups in total. The minimum atomic E-state index is -3.48. The number of hydrogen-bond donors (Lipinski definition) is 0. The van der Waals surface area contributed by atoms with E-state index in [2.05, 4.69) is 136 Å². The van der Waals surface area contributed by atoms with Gasteiger partial charge < -0.3 is 9.80 Å². The standard InChI is InChI=1S/C28H32N2O2S.C25H32N2S.C6H6/c31-33(32,27-14-8-3-9-15-27)30-21-26(28(22-30)25-12-6-2-7-13-25)20-29-18-16-24(17-19-29)23-10-4-1-5-11-23;1-2-7-21(8-3-1)17-27-14-6-9-22(19-27)18-26-15-12-25(13-16-26)20-28-24-11-5-4-10-23(24)25;1-2-4-6-5-3-1/h1-15,24,26,28H,16-22H2;1-5,7-8,10-11,22H,6,9,12-20H2;1-6H/t26-,28?;22-;/m00./s1. The topological polar surface area (TPSA) is 47.1 Å². The van der Waals surface area contributed by atoms with Crippen LogP contribution in [-0.2, 0) is 22.0 Å². The molecular formula is C59H70N4O2S2. The van der Waals surface area contributed by atoms with E-state index >= 15 is 0 Å². The second kappa shape index (κ2) is 23.2. The lowest BCUT2D eigenvalue weighted by Gasteiger charge is -2.42. The summed E-state index contributed by atoms with van der Waals surface area (Å²) in [5, 5.41) is 0. The summed E-state index contributed by atoms with van der Waals surface area (Å²) in [5.41, 5.74) is 6.25. The number of benzene rings is 6. The third-order valence-electron chi connectivity index (χ3n) is 15.2. The highest BCUT2D eigenvalue weighted by Gasteiger charge is 2.43. The smallest absolute Gasteiger partial charge is 0.243 e. The summed E-state index contributed by atoms with van der Waals surface area (Å²) in [5.74, 6) is 3.28. The normalized spacial score (nSPS) is 22.5. The van der Waals surface area contributed by atoms with Gasteiger partial charge in [0.2, 0.25) is 10.0 Å². The SMILES string of the molecule is O=S(=O)(c1ccccc1)N1CC(c2ccccc2)[C@@H](CN2CCC(c3ccccc3)CC2)C1.c1ccc(CN2CCC[C@@H](CN3CCC4(CC3)CSc3ccccc34)C2)cc1.c1ccccc1. The number of sulfonamides is 1. The number of rotatable bonds is 10. The van der Waals surface area contributed by atoms with Gasteiger partial charge in [0.05, 0.1) is 4.90 Å². The van der Waals surface area contributed by atoms with Crippen molar-refractivity contribution < 1.29 is 8.42 Å². The van der Waals surface area contributed by atoms with Gasteiger partial charge in [-0.1, -0.05) is 164 Å². The molecule has 5 heterocycles. The van der Waals surface area contributed by atoms with Crippen molar-refractivity contribution in [2.75, 3.05) is 71.2 Å². The van der Waals surface area contributed by atoms with Crippen molar-refractivity contribution in [3.05, 3.63) is 204 Å². The zero-order valence-electron chi connectivity index (χ0n) is 39.3. The zero-order chi connectivity index (χ0) is 45.7. The summed E-state index contributed by atoms with van der Waals surface area (Å²) in [6, 6.07) is 62.3. The van der Waals surface area contributed by atoms with E-state index in [-0.39, 0.29) is 5.92 Å². The summed E-state index contributed by atoms with van der Waals surface area (Å²) in [6.45, 7) is 11.7. The lowest BCUT2D eigenvalue weighted by molar-refractivity contribution is 0.102. The fourth-order valence-electron chi connectivity index (χ4n) is 11.5. The Morgan fingerprint density at radius 2 is 1.07 bits per heavy atom. The fraction of sp³-hybridized carbons (Fsp3) is 0.390. The first-order valence-electron chi connectivity index (χ1n) is 25.0. The van der Waals surface area contributed by atoms with Crippen LogP contribution in [0.1, 0.15) is 72.6 Å². The monoisotopic (exact) mass is 930 g/mol. The first-order valence-corrected chi connectivity index (χ1v) is 27.4. The van der Waals surface area contributed by atoms with Crippen molar-refractivity contribution >= 4 is 21.8 Å². The molecule has 0 bridgehead atoms. The van der Waals surface area contributed by atoms with E-state index in [1.807, 2.05) is 48.5 Å². The predicted molar refractivity (Wildman–Crippen MR) is 278 cm³/mol. The summed E-state index contributed by atoms with van der Waals surface area (Å²) in [4.78, 5) is 9.94. The summed E-state index contributed by atoms with van der Waals surface area (Å²) in [6.07, 6.45) is 7.79. The number of hydrogen-bond acceptors (Lipinski definition) is 6. The molecule has 1 spiro atoms. The molecular weight excluding hydrogens is 861 g/mol. The van der Waals surface area contributed by atoms with Crippen molar-refractivity contribution in [3.63, 3.8) is 0 Å². The van der Waals surface area contributed by atoms with Gasteiger partial charge in [-0.25, -0.2) is 8.42 Å². The van der Waals surface area contributed by atoms with Crippen LogP contribution in [0, 0.1) is 11.8 Å². The molecule has 0 amide bonds. The van der Waals surface area contributed by atoms with Crippen LogP contribution in [0.4, 0.5) is 0 Å².